The van der Waals surface area contributed by atoms with Gasteiger partial charge in [0.1, 0.15) is 0 Å². The monoisotopic (exact) mass is 288 g/mol. The molecule has 0 aliphatic rings. The third kappa shape index (κ3) is 2.97. The molecule has 0 aliphatic heterocycles. The van der Waals surface area contributed by atoms with Gasteiger partial charge in [-0.05, 0) is 30.3 Å². The van der Waals surface area contributed by atoms with Crippen molar-refractivity contribution < 1.29 is 9.59 Å². The van der Waals surface area contributed by atoms with E-state index in [2.05, 4.69) is 5.32 Å². The van der Waals surface area contributed by atoms with Crippen molar-refractivity contribution in [1.29, 1.82) is 0 Å². The van der Waals surface area contributed by atoms with Gasteiger partial charge in [-0.1, -0.05) is 23.7 Å². The molecule has 102 valence electrons. The van der Waals surface area contributed by atoms with E-state index in [1.807, 2.05) is 0 Å². The summed E-state index contributed by atoms with van der Waals surface area (Å²) in [4.78, 5) is 23.5. The number of benzene rings is 2. The number of nitrogen functional groups attached to an aromatic ring is 1. The second kappa shape index (κ2) is 5.75. The smallest absolute Gasteiger partial charge is 0.221 e. The number of anilines is 2. The van der Waals surface area contributed by atoms with Crippen molar-refractivity contribution in [2.75, 3.05) is 11.1 Å². The largest absolute Gasteiger partial charge is 0.398 e. The molecule has 2 rings (SSSR count). The van der Waals surface area contributed by atoms with E-state index in [-0.39, 0.29) is 11.7 Å². The molecular weight excluding hydrogens is 276 g/mol. The Morgan fingerprint density at radius 1 is 1.10 bits per heavy atom. The molecule has 1 amide bonds. The molecule has 0 heterocycles. The third-order valence-electron chi connectivity index (χ3n) is 2.74. The molecule has 0 aromatic heterocycles. The molecule has 0 aliphatic carbocycles. The molecule has 0 saturated carbocycles. The van der Waals surface area contributed by atoms with Crippen LogP contribution in [-0.4, -0.2) is 11.7 Å². The zero-order valence-electron chi connectivity index (χ0n) is 10.8. The molecule has 3 N–H and O–H groups in total. The Morgan fingerprint density at radius 3 is 2.45 bits per heavy atom. The van der Waals surface area contributed by atoms with E-state index < -0.39 is 0 Å². The first-order valence-electron chi connectivity index (χ1n) is 5.95. The van der Waals surface area contributed by atoms with Crippen LogP contribution in [0.15, 0.2) is 42.5 Å². The Morgan fingerprint density at radius 2 is 1.80 bits per heavy atom. The third-order valence-corrected chi connectivity index (χ3v) is 3.07. The van der Waals surface area contributed by atoms with Crippen molar-refractivity contribution >= 4 is 34.7 Å². The van der Waals surface area contributed by atoms with Gasteiger partial charge >= 0.3 is 0 Å². The highest BCUT2D eigenvalue weighted by atomic mass is 35.5. The van der Waals surface area contributed by atoms with Crippen LogP contribution in [0.1, 0.15) is 22.8 Å². The van der Waals surface area contributed by atoms with Crippen LogP contribution in [0, 0.1) is 0 Å². The van der Waals surface area contributed by atoms with Crippen LogP contribution < -0.4 is 11.1 Å². The first-order chi connectivity index (χ1) is 9.49. The summed E-state index contributed by atoms with van der Waals surface area (Å²) in [5, 5.41) is 2.98. The van der Waals surface area contributed by atoms with Crippen molar-refractivity contribution in [3.05, 3.63) is 58.6 Å². The van der Waals surface area contributed by atoms with Gasteiger partial charge in [-0.25, -0.2) is 0 Å². The van der Waals surface area contributed by atoms with Gasteiger partial charge in [-0.15, -0.1) is 0 Å². The minimum absolute atomic E-state index is 0.217. The molecule has 0 unspecified atom stereocenters. The second-order valence-electron chi connectivity index (χ2n) is 4.29. The minimum Gasteiger partial charge on any atom is -0.398 e. The van der Waals surface area contributed by atoms with Gasteiger partial charge in [0.25, 0.3) is 0 Å². The number of carbonyl (C=O) groups excluding carboxylic acids is 2. The van der Waals surface area contributed by atoms with Gasteiger partial charge in [0.15, 0.2) is 5.78 Å². The average molecular weight is 289 g/mol. The molecule has 5 heteroatoms. The van der Waals surface area contributed by atoms with Crippen LogP contribution in [-0.2, 0) is 4.79 Å². The molecule has 4 nitrogen and oxygen atoms in total. The average Bonchev–Trinajstić information content (AvgIpc) is 2.40. The number of hydrogen-bond donors (Lipinski definition) is 2. The van der Waals surface area contributed by atoms with Gasteiger partial charge in [0, 0.05) is 29.4 Å². The lowest BCUT2D eigenvalue weighted by Crippen LogP contribution is -2.10. The summed E-state index contributed by atoms with van der Waals surface area (Å²) in [7, 11) is 0. The molecule has 2 aromatic rings. The number of nitrogens with one attached hydrogen (secondary N) is 1. The molecule has 0 atom stereocenters. The SMILES string of the molecule is CC(=O)Nc1ccc(N)c(C(=O)c2ccccc2Cl)c1. The van der Waals surface area contributed by atoms with E-state index in [1.165, 1.54) is 6.92 Å². The fourth-order valence-electron chi connectivity index (χ4n) is 1.82. The van der Waals surface area contributed by atoms with E-state index in [4.69, 9.17) is 17.3 Å². The zero-order valence-corrected chi connectivity index (χ0v) is 11.6. The maximum absolute atomic E-state index is 12.4. The topological polar surface area (TPSA) is 72.2 Å². The fourth-order valence-corrected chi connectivity index (χ4v) is 2.05. The quantitative estimate of drug-likeness (QED) is 0.673. The lowest BCUT2D eigenvalue weighted by Gasteiger charge is -2.09. The molecule has 0 bridgehead atoms. The highest BCUT2D eigenvalue weighted by molar-refractivity contribution is 6.35. The minimum atomic E-state index is -0.277. The number of hydrogen-bond acceptors (Lipinski definition) is 3. The van der Waals surface area contributed by atoms with Crippen LogP contribution in [0.4, 0.5) is 11.4 Å². The number of carbonyl (C=O) groups is 2. The van der Waals surface area contributed by atoms with Crippen molar-refractivity contribution in [3.63, 3.8) is 0 Å². The van der Waals surface area contributed by atoms with E-state index in [1.54, 1.807) is 42.5 Å². The normalized spacial score (nSPS) is 10.1. The maximum Gasteiger partial charge on any atom is 0.221 e. The Bertz CT molecular complexity index is 683. The zero-order chi connectivity index (χ0) is 14.7. The van der Waals surface area contributed by atoms with Gasteiger partial charge in [0.2, 0.25) is 5.91 Å². The maximum atomic E-state index is 12.4. The highest BCUT2D eigenvalue weighted by Crippen LogP contribution is 2.24. The number of amides is 1. The summed E-state index contributed by atoms with van der Waals surface area (Å²) in [6.45, 7) is 1.39. The summed E-state index contributed by atoms with van der Waals surface area (Å²) in [6.07, 6.45) is 0. The van der Waals surface area contributed by atoms with E-state index in [0.717, 1.165) is 0 Å². The summed E-state index contributed by atoms with van der Waals surface area (Å²) in [6, 6.07) is 11.5. The molecular formula is C15H13ClN2O2. The van der Waals surface area contributed by atoms with Gasteiger partial charge < -0.3 is 11.1 Å². The van der Waals surface area contributed by atoms with Gasteiger partial charge in [-0.3, -0.25) is 9.59 Å². The summed E-state index contributed by atoms with van der Waals surface area (Å²) in [5.41, 5.74) is 7.37. The van der Waals surface area contributed by atoms with Crippen molar-refractivity contribution in [1.82, 2.24) is 0 Å². The van der Waals surface area contributed by atoms with E-state index in [0.29, 0.717) is 27.5 Å². The highest BCUT2D eigenvalue weighted by Gasteiger charge is 2.15. The molecule has 0 fully saturated rings. The standard InChI is InChI=1S/C15H13ClN2O2/c1-9(19)18-10-6-7-14(17)12(8-10)15(20)11-4-2-3-5-13(11)16/h2-8H,17H2,1H3,(H,18,19). The first kappa shape index (κ1) is 14.1. The molecule has 2 aromatic carbocycles. The summed E-state index contributed by atoms with van der Waals surface area (Å²) >= 11 is 6.01. The Kier molecular flexibility index (Phi) is 4.05. The Balaban J connectivity index is 2.44. The molecule has 20 heavy (non-hydrogen) atoms. The van der Waals surface area contributed by atoms with Crippen LogP contribution in [0.3, 0.4) is 0 Å². The number of nitrogens with two attached hydrogens (primary N) is 1. The van der Waals surface area contributed by atoms with Crippen LogP contribution in [0.2, 0.25) is 5.02 Å². The predicted molar refractivity (Wildman–Crippen MR) is 80.0 cm³/mol. The van der Waals surface area contributed by atoms with Crippen molar-refractivity contribution in [2.45, 2.75) is 6.92 Å². The Hall–Kier alpha value is -2.33. The van der Waals surface area contributed by atoms with Crippen molar-refractivity contribution in [3.8, 4) is 0 Å². The van der Waals surface area contributed by atoms with Gasteiger partial charge in [-0.2, -0.15) is 0 Å². The van der Waals surface area contributed by atoms with Crippen LogP contribution >= 0.6 is 11.6 Å². The summed E-state index contributed by atoms with van der Waals surface area (Å²) in [5.74, 6) is -0.494. The fraction of sp³-hybridized carbons (Fsp3) is 0.0667. The number of rotatable bonds is 3. The molecule has 0 radical (unpaired) electrons. The number of ketones is 1. The van der Waals surface area contributed by atoms with Crippen LogP contribution in [0.5, 0.6) is 0 Å². The van der Waals surface area contributed by atoms with Gasteiger partial charge in [0.05, 0.1) is 5.02 Å². The predicted octanol–water partition coefficient (Wildman–Crippen LogP) is 3.11. The van der Waals surface area contributed by atoms with E-state index >= 15 is 0 Å². The summed E-state index contributed by atoms with van der Waals surface area (Å²) < 4.78 is 0. The second-order valence-corrected chi connectivity index (χ2v) is 4.70. The first-order valence-corrected chi connectivity index (χ1v) is 6.33. The van der Waals surface area contributed by atoms with Crippen molar-refractivity contribution in [2.24, 2.45) is 0 Å². The number of halogens is 1. The molecule has 0 saturated heterocycles. The Labute approximate surface area is 121 Å². The molecule has 0 spiro atoms. The van der Waals surface area contributed by atoms with E-state index in [9.17, 15) is 9.59 Å². The van der Waals surface area contributed by atoms with Crippen LogP contribution in [0.25, 0.3) is 0 Å². The lowest BCUT2D eigenvalue weighted by atomic mass is 10.0. The lowest BCUT2D eigenvalue weighted by molar-refractivity contribution is -0.114.